The quantitative estimate of drug-likeness (QED) is 0.847. The predicted octanol–water partition coefficient (Wildman–Crippen LogP) is 3.22. The topological polar surface area (TPSA) is 55.5 Å². The molecule has 0 aromatic heterocycles. The van der Waals surface area contributed by atoms with Crippen molar-refractivity contribution in [3.05, 3.63) is 64.7 Å². The SMILES string of the molecule is NC1CC(c2ccccc2Cl)Oc2ccccc2C1O. The van der Waals surface area contributed by atoms with Crippen LogP contribution in [0.1, 0.15) is 29.8 Å². The molecule has 0 bridgehead atoms. The van der Waals surface area contributed by atoms with E-state index in [0.29, 0.717) is 17.2 Å². The smallest absolute Gasteiger partial charge is 0.127 e. The molecule has 4 heteroatoms. The Morgan fingerprint density at radius 1 is 1.05 bits per heavy atom. The summed E-state index contributed by atoms with van der Waals surface area (Å²) in [6, 6.07) is 14.6. The van der Waals surface area contributed by atoms with Gasteiger partial charge in [-0.2, -0.15) is 0 Å². The van der Waals surface area contributed by atoms with E-state index >= 15 is 0 Å². The van der Waals surface area contributed by atoms with Crippen LogP contribution < -0.4 is 10.5 Å². The normalized spacial score (nSPS) is 25.4. The summed E-state index contributed by atoms with van der Waals surface area (Å²) in [6.45, 7) is 0. The maximum Gasteiger partial charge on any atom is 0.127 e. The van der Waals surface area contributed by atoms with Crippen LogP contribution >= 0.6 is 11.6 Å². The molecule has 2 aromatic carbocycles. The molecule has 3 nitrogen and oxygen atoms in total. The molecular formula is C16H16ClNO2. The molecule has 0 radical (unpaired) electrons. The van der Waals surface area contributed by atoms with Gasteiger partial charge in [0.1, 0.15) is 11.9 Å². The van der Waals surface area contributed by atoms with Crippen LogP contribution in [0.15, 0.2) is 48.5 Å². The van der Waals surface area contributed by atoms with E-state index in [4.69, 9.17) is 22.1 Å². The minimum atomic E-state index is -0.723. The van der Waals surface area contributed by atoms with Gasteiger partial charge in [-0.25, -0.2) is 0 Å². The molecule has 2 aromatic rings. The number of rotatable bonds is 1. The molecule has 0 aliphatic carbocycles. The second-order valence-corrected chi connectivity index (χ2v) is 5.42. The Bertz CT molecular complexity index is 617. The van der Waals surface area contributed by atoms with Gasteiger partial charge in [0.2, 0.25) is 0 Å². The molecule has 0 fully saturated rings. The fourth-order valence-electron chi connectivity index (χ4n) is 2.57. The van der Waals surface area contributed by atoms with Crippen molar-refractivity contribution < 1.29 is 9.84 Å². The van der Waals surface area contributed by atoms with Crippen molar-refractivity contribution in [1.82, 2.24) is 0 Å². The summed E-state index contributed by atoms with van der Waals surface area (Å²) in [5.41, 5.74) is 7.73. The summed E-state index contributed by atoms with van der Waals surface area (Å²) in [6.07, 6.45) is -0.463. The molecule has 3 unspecified atom stereocenters. The number of fused-ring (bicyclic) bond motifs is 1. The first-order chi connectivity index (χ1) is 9.66. The van der Waals surface area contributed by atoms with Crippen LogP contribution in [0.25, 0.3) is 0 Å². The number of hydrogen-bond acceptors (Lipinski definition) is 3. The lowest BCUT2D eigenvalue weighted by Gasteiger charge is -2.20. The number of para-hydroxylation sites is 1. The summed E-state index contributed by atoms with van der Waals surface area (Å²) in [7, 11) is 0. The van der Waals surface area contributed by atoms with Gasteiger partial charge in [-0.1, -0.05) is 48.0 Å². The lowest BCUT2D eigenvalue weighted by molar-refractivity contribution is 0.131. The average Bonchev–Trinajstić information content (AvgIpc) is 2.58. The highest BCUT2D eigenvalue weighted by Crippen LogP contribution is 2.39. The van der Waals surface area contributed by atoms with Gasteiger partial charge in [0, 0.05) is 28.6 Å². The van der Waals surface area contributed by atoms with E-state index in [2.05, 4.69) is 0 Å². The highest BCUT2D eigenvalue weighted by molar-refractivity contribution is 6.31. The van der Waals surface area contributed by atoms with Crippen LogP contribution in [0, 0.1) is 0 Å². The minimum absolute atomic E-state index is 0.253. The molecule has 20 heavy (non-hydrogen) atoms. The molecule has 1 heterocycles. The molecule has 0 amide bonds. The number of hydrogen-bond donors (Lipinski definition) is 2. The van der Waals surface area contributed by atoms with Gasteiger partial charge >= 0.3 is 0 Å². The first kappa shape index (κ1) is 13.4. The summed E-state index contributed by atoms with van der Waals surface area (Å²) in [5, 5.41) is 11.0. The molecule has 104 valence electrons. The lowest BCUT2D eigenvalue weighted by Crippen LogP contribution is -2.29. The number of aliphatic hydroxyl groups excluding tert-OH is 1. The van der Waals surface area contributed by atoms with E-state index in [0.717, 1.165) is 11.1 Å². The third-order valence-electron chi connectivity index (χ3n) is 3.65. The van der Waals surface area contributed by atoms with Crippen molar-refractivity contribution >= 4 is 11.6 Å². The van der Waals surface area contributed by atoms with Crippen LogP contribution in [-0.2, 0) is 0 Å². The molecule has 1 aliphatic rings. The van der Waals surface area contributed by atoms with Crippen LogP contribution in [-0.4, -0.2) is 11.1 Å². The van der Waals surface area contributed by atoms with E-state index in [-0.39, 0.29) is 12.1 Å². The number of aliphatic hydroxyl groups is 1. The molecule has 3 atom stereocenters. The van der Waals surface area contributed by atoms with Gasteiger partial charge < -0.3 is 15.6 Å². The van der Waals surface area contributed by atoms with E-state index in [1.54, 1.807) is 0 Å². The molecule has 0 saturated carbocycles. The Morgan fingerprint density at radius 3 is 2.45 bits per heavy atom. The van der Waals surface area contributed by atoms with Crippen molar-refractivity contribution in [2.24, 2.45) is 5.73 Å². The maximum atomic E-state index is 10.3. The second kappa shape index (κ2) is 5.44. The minimum Gasteiger partial charge on any atom is -0.485 e. The monoisotopic (exact) mass is 289 g/mol. The number of ether oxygens (including phenoxy) is 1. The van der Waals surface area contributed by atoms with Crippen molar-refractivity contribution in [3.8, 4) is 5.75 Å². The van der Waals surface area contributed by atoms with Crippen molar-refractivity contribution in [2.45, 2.75) is 24.7 Å². The van der Waals surface area contributed by atoms with Crippen LogP contribution in [0.2, 0.25) is 5.02 Å². The highest BCUT2D eigenvalue weighted by atomic mass is 35.5. The number of halogens is 1. The van der Waals surface area contributed by atoms with Gasteiger partial charge in [0.05, 0.1) is 6.10 Å². The summed E-state index contributed by atoms with van der Waals surface area (Å²) >= 11 is 6.24. The van der Waals surface area contributed by atoms with E-state index in [9.17, 15) is 5.11 Å². The Balaban J connectivity index is 2.02. The van der Waals surface area contributed by atoms with Crippen LogP contribution in [0.4, 0.5) is 0 Å². The first-order valence-electron chi connectivity index (χ1n) is 6.60. The standard InChI is InChI=1S/C16H16ClNO2/c17-12-7-3-1-5-10(12)15-9-13(18)16(19)11-6-2-4-8-14(11)20-15/h1-8,13,15-16,19H,9,18H2. The lowest BCUT2D eigenvalue weighted by atomic mass is 9.97. The largest absolute Gasteiger partial charge is 0.485 e. The Labute approximate surface area is 122 Å². The van der Waals surface area contributed by atoms with Crippen molar-refractivity contribution in [2.75, 3.05) is 0 Å². The number of nitrogens with two attached hydrogens (primary N) is 1. The zero-order chi connectivity index (χ0) is 14.1. The van der Waals surface area contributed by atoms with Gasteiger partial charge in [-0.15, -0.1) is 0 Å². The van der Waals surface area contributed by atoms with Gasteiger partial charge in [-0.05, 0) is 12.1 Å². The van der Waals surface area contributed by atoms with E-state index in [1.165, 1.54) is 0 Å². The number of benzene rings is 2. The van der Waals surface area contributed by atoms with Crippen molar-refractivity contribution in [3.63, 3.8) is 0 Å². The predicted molar refractivity (Wildman–Crippen MR) is 78.8 cm³/mol. The molecule has 1 aliphatic heterocycles. The van der Waals surface area contributed by atoms with Gasteiger partial charge in [0.25, 0.3) is 0 Å². The first-order valence-corrected chi connectivity index (χ1v) is 6.98. The Morgan fingerprint density at radius 2 is 1.70 bits per heavy atom. The van der Waals surface area contributed by atoms with E-state index < -0.39 is 6.10 Å². The zero-order valence-electron chi connectivity index (χ0n) is 10.9. The summed E-state index contributed by atoms with van der Waals surface area (Å²) in [5.74, 6) is 0.665. The molecule has 0 spiro atoms. The summed E-state index contributed by atoms with van der Waals surface area (Å²) < 4.78 is 6.04. The molecule has 3 rings (SSSR count). The van der Waals surface area contributed by atoms with Gasteiger partial charge in [0.15, 0.2) is 0 Å². The fourth-order valence-corrected chi connectivity index (χ4v) is 2.82. The molecule has 0 saturated heterocycles. The van der Waals surface area contributed by atoms with Crippen LogP contribution in [0.3, 0.4) is 0 Å². The van der Waals surface area contributed by atoms with Crippen molar-refractivity contribution in [1.29, 1.82) is 0 Å². The Hall–Kier alpha value is -1.55. The van der Waals surface area contributed by atoms with Gasteiger partial charge in [-0.3, -0.25) is 0 Å². The third-order valence-corrected chi connectivity index (χ3v) is 3.99. The summed E-state index contributed by atoms with van der Waals surface area (Å²) in [4.78, 5) is 0. The van der Waals surface area contributed by atoms with E-state index in [1.807, 2.05) is 48.5 Å². The fraction of sp³-hybridized carbons (Fsp3) is 0.250. The zero-order valence-corrected chi connectivity index (χ0v) is 11.6. The molecule has 3 N–H and O–H groups in total. The molecular weight excluding hydrogens is 274 g/mol. The average molecular weight is 290 g/mol. The maximum absolute atomic E-state index is 10.3. The second-order valence-electron chi connectivity index (χ2n) is 5.01. The Kier molecular flexibility index (Phi) is 3.66. The third kappa shape index (κ3) is 2.40. The highest BCUT2D eigenvalue weighted by Gasteiger charge is 2.30. The van der Waals surface area contributed by atoms with Crippen LogP contribution in [0.5, 0.6) is 5.75 Å².